The lowest BCUT2D eigenvalue weighted by atomic mass is 9.96. The van der Waals surface area contributed by atoms with E-state index in [0.29, 0.717) is 6.42 Å². The molecule has 1 N–H and O–H groups in total. The third-order valence-electron chi connectivity index (χ3n) is 5.07. The Bertz CT molecular complexity index is 710. The largest absolute Gasteiger partial charge is 0.464 e. The van der Waals surface area contributed by atoms with Crippen LogP contribution in [0.5, 0.6) is 0 Å². The van der Waals surface area contributed by atoms with E-state index < -0.39 is 29.6 Å². The van der Waals surface area contributed by atoms with Gasteiger partial charge in [-0.2, -0.15) is 0 Å². The van der Waals surface area contributed by atoms with Crippen molar-refractivity contribution in [1.29, 1.82) is 0 Å². The number of unbranched alkanes of at least 4 members (excludes halogenated alkanes) is 4. The van der Waals surface area contributed by atoms with Crippen molar-refractivity contribution < 1.29 is 38.4 Å². The number of ether oxygens (including phenoxy) is 4. The van der Waals surface area contributed by atoms with Gasteiger partial charge in [-0.1, -0.05) is 49.1 Å². The van der Waals surface area contributed by atoms with Gasteiger partial charge in [0, 0.05) is 6.61 Å². The molecule has 8 heteroatoms. The minimum absolute atomic E-state index is 0.0125. The third kappa shape index (κ3) is 9.14. The molecule has 1 atom stereocenters. The van der Waals surface area contributed by atoms with Crippen LogP contribution in [0.15, 0.2) is 24.3 Å². The second-order valence-electron chi connectivity index (χ2n) is 7.71. The number of aliphatic hydroxyl groups is 1. The molecule has 0 radical (unpaired) electrons. The van der Waals surface area contributed by atoms with Crippen LogP contribution in [0.2, 0.25) is 0 Å². The summed E-state index contributed by atoms with van der Waals surface area (Å²) in [6.45, 7) is 6.52. The average molecular weight is 467 g/mol. The maximum Gasteiger partial charge on any atom is 0.353 e. The van der Waals surface area contributed by atoms with Crippen LogP contribution in [0.4, 0.5) is 0 Å². The maximum absolute atomic E-state index is 12.4. The molecule has 0 fully saturated rings. The van der Waals surface area contributed by atoms with Crippen LogP contribution < -0.4 is 0 Å². The van der Waals surface area contributed by atoms with Gasteiger partial charge in [-0.25, -0.2) is 14.4 Å². The van der Waals surface area contributed by atoms with Gasteiger partial charge in [-0.05, 0) is 52.5 Å². The predicted octanol–water partition coefficient (Wildman–Crippen LogP) is 3.29. The molecular formula is C25H38O8. The van der Waals surface area contributed by atoms with Gasteiger partial charge < -0.3 is 24.1 Å². The van der Waals surface area contributed by atoms with Crippen LogP contribution >= 0.6 is 0 Å². The summed E-state index contributed by atoms with van der Waals surface area (Å²) in [5.41, 5.74) is -0.372. The fourth-order valence-electron chi connectivity index (χ4n) is 3.27. The quantitative estimate of drug-likeness (QED) is 0.171. The number of hydrogen-bond acceptors (Lipinski definition) is 8. The topological polar surface area (TPSA) is 108 Å². The zero-order chi connectivity index (χ0) is 24.7. The Morgan fingerprint density at radius 1 is 0.818 bits per heavy atom. The Morgan fingerprint density at radius 2 is 1.33 bits per heavy atom. The molecule has 186 valence electrons. The molecule has 1 unspecified atom stereocenters. The van der Waals surface area contributed by atoms with Crippen molar-refractivity contribution in [3.63, 3.8) is 0 Å². The smallest absolute Gasteiger partial charge is 0.353 e. The average Bonchev–Trinajstić information content (AvgIpc) is 2.79. The second-order valence-corrected chi connectivity index (χ2v) is 7.71. The molecule has 0 saturated heterocycles. The van der Waals surface area contributed by atoms with E-state index in [1.54, 1.807) is 6.92 Å². The van der Waals surface area contributed by atoms with E-state index in [1.807, 2.05) is 0 Å². The fraction of sp³-hybridized carbons (Fsp3) is 0.640. The van der Waals surface area contributed by atoms with Crippen molar-refractivity contribution >= 4 is 17.9 Å². The first kappa shape index (κ1) is 28.6. The molecule has 0 heterocycles. The Labute approximate surface area is 196 Å². The molecule has 1 aromatic rings. The Balaban J connectivity index is 2.60. The van der Waals surface area contributed by atoms with E-state index in [-0.39, 0.29) is 26.4 Å². The number of esters is 3. The summed E-state index contributed by atoms with van der Waals surface area (Å²) in [6, 6.07) is 8.51. The standard InChI is InChI=1S/C25H38O8/c1-5-30-22(26)21(25(29,23(27)31-6-2)24(28)32-7-3)33-18-12-10-8-9-11-13-20-16-14-19(4)15-17-20/h14-17,21,29H,5-13,18H2,1-4H3. The van der Waals surface area contributed by atoms with Gasteiger partial charge in [0.05, 0.1) is 19.8 Å². The molecule has 0 bridgehead atoms. The molecule has 0 aliphatic rings. The summed E-state index contributed by atoms with van der Waals surface area (Å²) < 4.78 is 20.1. The molecule has 0 amide bonds. The van der Waals surface area contributed by atoms with Gasteiger partial charge in [0.1, 0.15) is 0 Å². The number of aryl methyl sites for hydroxylation is 2. The molecule has 0 saturated carbocycles. The molecule has 0 aliphatic heterocycles. The first-order valence-corrected chi connectivity index (χ1v) is 11.7. The minimum atomic E-state index is -2.94. The second kappa shape index (κ2) is 15.4. The molecule has 0 aromatic heterocycles. The van der Waals surface area contributed by atoms with Gasteiger partial charge in [-0.3, -0.25) is 0 Å². The molecule has 0 spiro atoms. The highest BCUT2D eigenvalue weighted by Crippen LogP contribution is 2.22. The molecule has 8 nitrogen and oxygen atoms in total. The molecular weight excluding hydrogens is 428 g/mol. The lowest BCUT2D eigenvalue weighted by molar-refractivity contribution is -0.208. The van der Waals surface area contributed by atoms with Gasteiger partial charge >= 0.3 is 17.9 Å². The molecule has 33 heavy (non-hydrogen) atoms. The van der Waals surface area contributed by atoms with E-state index in [1.165, 1.54) is 25.0 Å². The van der Waals surface area contributed by atoms with Gasteiger partial charge in [0.2, 0.25) is 6.10 Å². The lowest BCUT2D eigenvalue weighted by Gasteiger charge is -2.30. The van der Waals surface area contributed by atoms with Crippen LogP contribution in [-0.2, 0) is 39.8 Å². The number of hydrogen-bond donors (Lipinski definition) is 1. The summed E-state index contributed by atoms with van der Waals surface area (Å²) in [6.07, 6.45) is 3.65. The van der Waals surface area contributed by atoms with E-state index in [0.717, 1.165) is 32.1 Å². The Morgan fingerprint density at radius 3 is 1.88 bits per heavy atom. The highest BCUT2D eigenvalue weighted by Gasteiger charge is 2.58. The highest BCUT2D eigenvalue weighted by molar-refractivity contribution is 6.08. The van der Waals surface area contributed by atoms with E-state index in [4.69, 9.17) is 18.9 Å². The van der Waals surface area contributed by atoms with E-state index in [2.05, 4.69) is 31.2 Å². The summed E-state index contributed by atoms with van der Waals surface area (Å²) in [7, 11) is 0. The van der Waals surface area contributed by atoms with Crippen LogP contribution in [0.1, 0.15) is 64.0 Å². The van der Waals surface area contributed by atoms with Crippen molar-refractivity contribution in [2.75, 3.05) is 26.4 Å². The first-order chi connectivity index (χ1) is 15.8. The highest BCUT2D eigenvalue weighted by atomic mass is 16.6. The van der Waals surface area contributed by atoms with Crippen molar-refractivity contribution in [2.24, 2.45) is 0 Å². The Hall–Kier alpha value is -2.45. The summed E-state index contributed by atoms with van der Waals surface area (Å²) in [5, 5.41) is 10.9. The monoisotopic (exact) mass is 466 g/mol. The maximum atomic E-state index is 12.4. The normalized spacial score (nSPS) is 12.2. The molecule has 1 rings (SSSR count). The van der Waals surface area contributed by atoms with Gasteiger partial charge in [0.25, 0.3) is 5.60 Å². The van der Waals surface area contributed by atoms with Crippen LogP contribution in [-0.4, -0.2) is 61.1 Å². The van der Waals surface area contributed by atoms with E-state index >= 15 is 0 Å². The lowest BCUT2D eigenvalue weighted by Crippen LogP contribution is -2.61. The summed E-state index contributed by atoms with van der Waals surface area (Å²) in [5.74, 6) is -3.64. The number of rotatable bonds is 16. The van der Waals surface area contributed by atoms with Crippen molar-refractivity contribution in [2.45, 2.75) is 77.9 Å². The molecule has 1 aromatic carbocycles. The SMILES string of the molecule is CCOC(=O)C(OCCCCCCCc1ccc(C)cc1)C(O)(C(=O)OCC)C(=O)OCC. The molecule has 0 aliphatic carbocycles. The zero-order valence-electron chi connectivity index (χ0n) is 20.3. The predicted molar refractivity (Wildman–Crippen MR) is 123 cm³/mol. The van der Waals surface area contributed by atoms with Crippen molar-refractivity contribution in [3.8, 4) is 0 Å². The summed E-state index contributed by atoms with van der Waals surface area (Å²) in [4.78, 5) is 37.3. The Kier molecular flexibility index (Phi) is 13.3. The number of carbonyl (C=O) groups is 3. The van der Waals surface area contributed by atoms with Gasteiger partial charge in [-0.15, -0.1) is 0 Å². The van der Waals surface area contributed by atoms with Crippen LogP contribution in [0.25, 0.3) is 0 Å². The number of carbonyl (C=O) groups excluding carboxylic acids is 3. The van der Waals surface area contributed by atoms with Crippen LogP contribution in [0, 0.1) is 6.92 Å². The minimum Gasteiger partial charge on any atom is -0.464 e. The summed E-state index contributed by atoms with van der Waals surface area (Å²) >= 11 is 0. The zero-order valence-corrected chi connectivity index (χ0v) is 20.3. The van der Waals surface area contributed by atoms with Crippen LogP contribution in [0.3, 0.4) is 0 Å². The fourth-order valence-corrected chi connectivity index (χ4v) is 3.27. The van der Waals surface area contributed by atoms with Crippen molar-refractivity contribution in [1.82, 2.24) is 0 Å². The number of benzene rings is 1. The third-order valence-corrected chi connectivity index (χ3v) is 5.07. The van der Waals surface area contributed by atoms with Crippen molar-refractivity contribution in [3.05, 3.63) is 35.4 Å². The van der Waals surface area contributed by atoms with E-state index in [9.17, 15) is 19.5 Å². The van der Waals surface area contributed by atoms with Gasteiger partial charge in [0.15, 0.2) is 0 Å². The first-order valence-electron chi connectivity index (χ1n) is 11.7.